The molecule has 0 spiro atoms. The van der Waals surface area contributed by atoms with Crippen LogP contribution in [0.25, 0.3) is 0 Å². The molecule has 0 fully saturated rings. The quantitative estimate of drug-likeness (QED) is 0.635. The monoisotopic (exact) mass is 233 g/mol. The molecule has 2 nitrogen and oxygen atoms in total. The number of carbonyl (C=O) groups excluding carboxylic acids is 1. The summed E-state index contributed by atoms with van der Waals surface area (Å²) < 4.78 is 1.10. The summed E-state index contributed by atoms with van der Waals surface area (Å²) in [7, 11) is 0. The highest BCUT2D eigenvalue weighted by atomic mass is 79.9. The summed E-state index contributed by atoms with van der Waals surface area (Å²) in [5, 5.41) is 5.01. The number of halogens is 1. The number of rotatable bonds is 4. The molecule has 11 heavy (non-hydrogen) atoms. The van der Waals surface area contributed by atoms with Crippen molar-refractivity contribution in [3.63, 3.8) is 0 Å². The fourth-order valence-electron chi connectivity index (χ4n) is 0.701. The van der Waals surface area contributed by atoms with Crippen molar-refractivity contribution in [1.29, 1.82) is 0 Å². The lowest BCUT2D eigenvalue weighted by molar-refractivity contribution is -0.107. The molecular weight excluding hydrogens is 226 g/mol. The lowest BCUT2D eigenvalue weighted by atomic mass is 10.4. The SMILES string of the molecule is O=CCNCc1cc(Br)cs1. The number of nitrogens with one attached hydrogen (secondary N) is 1. The summed E-state index contributed by atoms with van der Waals surface area (Å²) in [5.41, 5.74) is 0. The molecule has 0 aliphatic heterocycles. The minimum Gasteiger partial charge on any atom is -0.305 e. The van der Waals surface area contributed by atoms with Crippen LogP contribution in [0.15, 0.2) is 15.9 Å². The molecule has 0 aliphatic rings. The maximum absolute atomic E-state index is 9.93. The van der Waals surface area contributed by atoms with Crippen molar-refractivity contribution in [2.75, 3.05) is 6.54 Å². The van der Waals surface area contributed by atoms with Gasteiger partial charge in [-0.15, -0.1) is 11.3 Å². The van der Waals surface area contributed by atoms with Crippen molar-refractivity contribution >= 4 is 33.6 Å². The second-order valence-corrected chi connectivity index (χ2v) is 3.94. The first-order valence-electron chi connectivity index (χ1n) is 3.20. The first-order valence-corrected chi connectivity index (χ1v) is 4.87. The van der Waals surface area contributed by atoms with E-state index in [4.69, 9.17) is 0 Å². The third-order valence-electron chi connectivity index (χ3n) is 1.15. The Morgan fingerprint density at radius 3 is 3.09 bits per heavy atom. The highest BCUT2D eigenvalue weighted by Crippen LogP contribution is 2.19. The summed E-state index contributed by atoms with van der Waals surface area (Å²) in [6, 6.07) is 2.04. The van der Waals surface area contributed by atoms with Gasteiger partial charge in [-0.3, -0.25) is 0 Å². The molecule has 60 valence electrons. The number of thiophene rings is 1. The zero-order valence-corrected chi connectivity index (χ0v) is 8.24. The molecule has 0 saturated heterocycles. The summed E-state index contributed by atoms with van der Waals surface area (Å²) in [5.74, 6) is 0. The van der Waals surface area contributed by atoms with Crippen LogP contribution in [0, 0.1) is 0 Å². The van der Waals surface area contributed by atoms with Crippen molar-refractivity contribution in [3.8, 4) is 0 Å². The average molecular weight is 234 g/mol. The minimum absolute atomic E-state index is 0.426. The molecule has 0 radical (unpaired) electrons. The first kappa shape index (κ1) is 8.90. The molecule has 0 aromatic carbocycles. The van der Waals surface area contributed by atoms with Gasteiger partial charge in [-0.25, -0.2) is 0 Å². The average Bonchev–Trinajstić information content (AvgIpc) is 2.37. The third kappa shape index (κ3) is 3.14. The predicted molar refractivity (Wildman–Crippen MR) is 49.8 cm³/mol. The fourth-order valence-corrected chi connectivity index (χ4v) is 2.12. The van der Waals surface area contributed by atoms with Crippen LogP contribution >= 0.6 is 27.3 Å². The van der Waals surface area contributed by atoms with Gasteiger partial charge in [-0.05, 0) is 22.0 Å². The standard InChI is InChI=1S/C7H8BrNOS/c8-6-3-7(11-5-6)4-9-1-2-10/h2-3,5,9H,1,4H2. The summed E-state index contributed by atoms with van der Waals surface area (Å²) >= 11 is 5.03. The van der Waals surface area contributed by atoms with Crippen LogP contribution in [-0.2, 0) is 11.3 Å². The molecule has 0 aliphatic carbocycles. The fraction of sp³-hybridized carbons (Fsp3) is 0.286. The molecule has 0 amide bonds. The summed E-state index contributed by atoms with van der Waals surface area (Å²) in [4.78, 5) is 11.2. The summed E-state index contributed by atoms with van der Waals surface area (Å²) in [6.45, 7) is 1.20. The van der Waals surface area contributed by atoms with Gasteiger partial charge in [0, 0.05) is 21.3 Å². The molecule has 0 bridgehead atoms. The first-order chi connectivity index (χ1) is 5.33. The van der Waals surface area contributed by atoms with Crippen LogP contribution < -0.4 is 5.32 Å². The van der Waals surface area contributed by atoms with Crippen molar-refractivity contribution in [2.45, 2.75) is 6.54 Å². The van der Waals surface area contributed by atoms with Gasteiger partial charge in [-0.2, -0.15) is 0 Å². The van der Waals surface area contributed by atoms with E-state index >= 15 is 0 Å². The lowest BCUT2D eigenvalue weighted by Crippen LogP contribution is -2.14. The Hall–Kier alpha value is -0.190. The van der Waals surface area contributed by atoms with Crippen LogP contribution in [-0.4, -0.2) is 12.8 Å². The van der Waals surface area contributed by atoms with Crippen LogP contribution in [0.2, 0.25) is 0 Å². The molecular formula is C7H8BrNOS. The highest BCUT2D eigenvalue weighted by Gasteiger charge is 1.95. The number of hydrogen-bond donors (Lipinski definition) is 1. The van der Waals surface area contributed by atoms with E-state index in [1.807, 2.05) is 11.4 Å². The van der Waals surface area contributed by atoms with Crippen molar-refractivity contribution < 1.29 is 4.79 Å². The molecule has 0 atom stereocenters. The topological polar surface area (TPSA) is 29.1 Å². The van der Waals surface area contributed by atoms with E-state index in [2.05, 4.69) is 21.2 Å². The van der Waals surface area contributed by atoms with E-state index in [9.17, 15) is 4.79 Å². The number of aldehydes is 1. The van der Waals surface area contributed by atoms with Gasteiger partial charge in [0.2, 0.25) is 0 Å². The molecule has 4 heteroatoms. The predicted octanol–water partition coefficient (Wildman–Crippen LogP) is 1.80. The van der Waals surface area contributed by atoms with Gasteiger partial charge in [0.1, 0.15) is 6.29 Å². The van der Waals surface area contributed by atoms with Gasteiger partial charge in [0.25, 0.3) is 0 Å². The van der Waals surface area contributed by atoms with Gasteiger partial charge >= 0.3 is 0 Å². The van der Waals surface area contributed by atoms with E-state index in [0.717, 1.165) is 17.3 Å². The Bertz CT molecular complexity index is 236. The zero-order chi connectivity index (χ0) is 8.10. The smallest absolute Gasteiger partial charge is 0.133 e. The third-order valence-corrected chi connectivity index (χ3v) is 2.85. The van der Waals surface area contributed by atoms with E-state index < -0.39 is 0 Å². The van der Waals surface area contributed by atoms with Crippen LogP contribution in [0.4, 0.5) is 0 Å². The van der Waals surface area contributed by atoms with Gasteiger partial charge in [0.15, 0.2) is 0 Å². The highest BCUT2D eigenvalue weighted by molar-refractivity contribution is 9.10. The Labute approximate surface area is 77.7 Å². The van der Waals surface area contributed by atoms with Crippen LogP contribution in [0.3, 0.4) is 0 Å². The molecule has 1 aromatic heterocycles. The Morgan fingerprint density at radius 2 is 2.55 bits per heavy atom. The Balaban J connectivity index is 2.32. The normalized spacial score (nSPS) is 9.91. The Kier molecular flexibility index (Phi) is 3.76. The zero-order valence-electron chi connectivity index (χ0n) is 5.84. The van der Waals surface area contributed by atoms with E-state index in [1.165, 1.54) is 4.88 Å². The molecule has 1 N–H and O–H groups in total. The second-order valence-electron chi connectivity index (χ2n) is 2.03. The van der Waals surface area contributed by atoms with Gasteiger partial charge in [0.05, 0.1) is 6.54 Å². The number of carbonyl (C=O) groups is 1. The largest absolute Gasteiger partial charge is 0.305 e. The van der Waals surface area contributed by atoms with Gasteiger partial charge < -0.3 is 10.1 Å². The summed E-state index contributed by atoms with van der Waals surface area (Å²) in [6.07, 6.45) is 0.864. The lowest BCUT2D eigenvalue weighted by Gasteiger charge is -1.94. The molecule has 1 heterocycles. The minimum atomic E-state index is 0.426. The molecule has 1 aromatic rings. The van der Waals surface area contributed by atoms with Crippen LogP contribution in [0.5, 0.6) is 0 Å². The van der Waals surface area contributed by atoms with Crippen molar-refractivity contribution in [2.24, 2.45) is 0 Å². The Morgan fingerprint density at radius 1 is 1.73 bits per heavy atom. The van der Waals surface area contributed by atoms with E-state index in [0.29, 0.717) is 6.54 Å². The van der Waals surface area contributed by atoms with E-state index in [1.54, 1.807) is 11.3 Å². The van der Waals surface area contributed by atoms with Gasteiger partial charge in [-0.1, -0.05) is 0 Å². The number of hydrogen-bond acceptors (Lipinski definition) is 3. The van der Waals surface area contributed by atoms with E-state index in [-0.39, 0.29) is 0 Å². The van der Waals surface area contributed by atoms with Crippen LogP contribution in [0.1, 0.15) is 4.88 Å². The maximum Gasteiger partial charge on any atom is 0.133 e. The molecule has 1 rings (SSSR count). The molecule has 0 saturated carbocycles. The molecule has 0 unspecified atom stereocenters. The van der Waals surface area contributed by atoms with Crippen molar-refractivity contribution in [1.82, 2.24) is 5.32 Å². The maximum atomic E-state index is 9.93. The van der Waals surface area contributed by atoms with Crippen molar-refractivity contribution in [3.05, 3.63) is 20.8 Å². The second kappa shape index (κ2) is 4.64.